The lowest BCUT2D eigenvalue weighted by molar-refractivity contribution is -0.142. The highest BCUT2D eigenvalue weighted by Crippen LogP contribution is 2.25. The highest BCUT2D eigenvalue weighted by molar-refractivity contribution is 5.89. The van der Waals surface area contributed by atoms with Crippen LogP contribution in [0.25, 0.3) is 0 Å². The second kappa shape index (κ2) is 6.32. The summed E-state index contributed by atoms with van der Waals surface area (Å²) < 4.78 is 5.46. The van der Waals surface area contributed by atoms with Gasteiger partial charge in [-0.1, -0.05) is 6.92 Å². The number of carbonyl (C=O) groups excluding carboxylic acids is 2. The van der Waals surface area contributed by atoms with Crippen molar-refractivity contribution in [1.29, 1.82) is 0 Å². The SMILES string of the molecule is CCNC1COCC1C(=O)N1CCCC1C(=O)NC1CC1. The molecule has 21 heavy (non-hydrogen) atoms. The molecule has 0 spiro atoms. The van der Waals surface area contributed by atoms with Crippen molar-refractivity contribution in [2.75, 3.05) is 26.3 Å². The first-order chi connectivity index (χ1) is 10.2. The van der Waals surface area contributed by atoms with Crippen LogP contribution in [-0.2, 0) is 14.3 Å². The fourth-order valence-electron chi connectivity index (χ4n) is 3.30. The number of rotatable bonds is 5. The van der Waals surface area contributed by atoms with E-state index in [9.17, 15) is 9.59 Å². The Hall–Kier alpha value is -1.14. The Morgan fingerprint density at radius 1 is 1.24 bits per heavy atom. The van der Waals surface area contributed by atoms with Gasteiger partial charge < -0.3 is 20.3 Å². The van der Waals surface area contributed by atoms with Gasteiger partial charge in [-0.25, -0.2) is 0 Å². The van der Waals surface area contributed by atoms with Crippen molar-refractivity contribution in [1.82, 2.24) is 15.5 Å². The number of nitrogens with zero attached hydrogens (tertiary/aromatic N) is 1. The summed E-state index contributed by atoms with van der Waals surface area (Å²) in [5, 5.41) is 6.34. The Bertz CT molecular complexity index is 411. The van der Waals surface area contributed by atoms with Gasteiger partial charge in [0.25, 0.3) is 0 Å². The van der Waals surface area contributed by atoms with Gasteiger partial charge in [0.1, 0.15) is 6.04 Å². The van der Waals surface area contributed by atoms with E-state index in [1.165, 1.54) is 0 Å². The summed E-state index contributed by atoms with van der Waals surface area (Å²) in [7, 11) is 0. The van der Waals surface area contributed by atoms with E-state index in [-0.39, 0.29) is 29.8 Å². The van der Waals surface area contributed by atoms with E-state index in [1.807, 2.05) is 6.92 Å². The third-order valence-electron chi connectivity index (χ3n) is 4.63. The van der Waals surface area contributed by atoms with Gasteiger partial charge in [-0.15, -0.1) is 0 Å². The number of nitrogens with one attached hydrogen (secondary N) is 2. The van der Waals surface area contributed by atoms with E-state index in [0.717, 1.165) is 32.2 Å². The molecule has 6 heteroatoms. The molecular weight excluding hydrogens is 270 g/mol. The maximum Gasteiger partial charge on any atom is 0.243 e. The molecule has 3 aliphatic rings. The molecule has 3 fully saturated rings. The van der Waals surface area contributed by atoms with Crippen LogP contribution < -0.4 is 10.6 Å². The lowest BCUT2D eigenvalue weighted by Crippen LogP contribution is -2.51. The van der Waals surface area contributed by atoms with Crippen LogP contribution in [-0.4, -0.2) is 61.1 Å². The summed E-state index contributed by atoms with van der Waals surface area (Å²) in [6, 6.07) is 0.149. The largest absolute Gasteiger partial charge is 0.379 e. The van der Waals surface area contributed by atoms with E-state index < -0.39 is 0 Å². The third-order valence-corrected chi connectivity index (χ3v) is 4.63. The average molecular weight is 295 g/mol. The van der Waals surface area contributed by atoms with Crippen LogP contribution in [0.4, 0.5) is 0 Å². The van der Waals surface area contributed by atoms with E-state index in [4.69, 9.17) is 4.74 Å². The van der Waals surface area contributed by atoms with E-state index in [1.54, 1.807) is 4.90 Å². The van der Waals surface area contributed by atoms with Gasteiger partial charge in [0.2, 0.25) is 11.8 Å². The van der Waals surface area contributed by atoms with Gasteiger partial charge >= 0.3 is 0 Å². The molecular formula is C15H25N3O3. The molecule has 2 N–H and O–H groups in total. The summed E-state index contributed by atoms with van der Waals surface area (Å²) in [5.74, 6) is -0.0477. The molecule has 0 radical (unpaired) electrons. The van der Waals surface area contributed by atoms with E-state index in [0.29, 0.717) is 25.8 Å². The molecule has 0 aromatic rings. The standard InChI is InChI=1S/C15H25N3O3/c1-2-16-12-9-21-8-11(12)15(20)18-7-3-4-13(18)14(19)17-10-5-6-10/h10-13,16H,2-9H2,1H3,(H,17,19). The Kier molecular flexibility index (Phi) is 4.45. The highest BCUT2D eigenvalue weighted by atomic mass is 16.5. The molecule has 1 saturated carbocycles. The molecule has 118 valence electrons. The molecule has 2 aliphatic heterocycles. The maximum atomic E-state index is 12.8. The number of amides is 2. The predicted octanol–water partition coefficient (Wildman–Crippen LogP) is -0.119. The van der Waals surface area contributed by atoms with Crippen LogP contribution in [0.3, 0.4) is 0 Å². The van der Waals surface area contributed by atoms with Gasteiger partial charge in [-0.2, -0.15) is 0 Å². The molecule has 2 saturated heterocycles. The molecule has 2 heterocycles. The zero-order valence-corrected chi connectivity index (χ0v) is 12.6. The second-order valence-corrected chi connectivity index (χ2v) is 6.28. The van der Waals surface area contributed by atoms with Crippen molar-refractivity contribution in [2.45, 2.75) is 50.7 Å². The molecule has 3 rings (SSSR count). The molecule has 3 unspecified atom stereocenters. The molecule has 3 atom stereocenters. The zero-order valence-electron chi connectivity index (χ0n) is 12.6. The number of ether oxygens (including phenoxy) is 1. The quantitative estimate of drug-likeness (QED) is 0.742. The van der Waals surface area contributed by atoms with Crippen molar-refractivity contribution in [2.24, 2.45) is 5.92 Å². The Morgan fingerprint density at radius 3 is 2.76 bits per heavy atom. The molecule has 0 bridgehead atoms. The summed E-state index contributed by atoms with van der Waals surface area (Å²) in [5.41, 5.74) is 0. The monoisotopic (exact) mass is 295 g/mol. The van der Waals surface area contributed by atoms with Gasteiger partial charge in [0, 0.05) is 18.6 Å². The van der Waals surface area contributed by atoms with Crippen LogP contribution in [0, 0.1) is 5.92 Å². The minimum Gasteiger partial charge on any atom is -0.379 e. The van der Waals surface area contributed by atoms with Crippen molar-refractivity contribution in [3.05, 3.63) is 0 Å². The smallest absolute Gasteiger partial charge is 0.243 e. The first-order valence-corrected chi connectivity index (χ1v) is 8.12. The lowest BCUT2D eigenvalue weighted by atomic mass is 10.0. The van der Waals surface area contributed by atoms with Crippen LogP contribution in [0.5, 0.6) is 0 Å². The average Bonchev–Trinajstić information content (AvgIpc) is 2.98. The Balaban J connectivity index is 1.63. The molecule has 2 amide bonds. The second-order valence-electron chi connectivity index (χ2n) is 6.28. The summed E-state index contributed by atoms with van der Waals surface area (Å²) in [4.78, 5) is 26.8. The third kappa shape index (κ3) is 3.21. The van der Waals surface area contributed by atoms with E-state index >= 15 is 0 Å². The maximum absolute atomic E-state index is 12.8. The minimum atomic E-state index is -0.277. The number of likely N-dealkylation sites (tertiary alicyclic amines) is 1. The molecule has 0 aromatic carbocycles. The van der Waals surface area contributed by atoms with Crippen LogP contribution in [0.2, 0.25) is 0 Å². The predicted molar refractivity (Wildman–Crippen MR) is 77.7 cm³/mol. The van der Waals surface area contributed by atoms with Crippen molar-refractivity contribution in [3.8, 4) is 0 Å². The first kappa shape index (κ1) is 14.8. The molecule has 0 aromatic heterocycles. The fourth-order valence-corrected chi connectivity index (χ4v) is 3.30. The van der Waals surface area contributed by atoms with Gasteiger partial charge in [0.05, 0.1) is 19.1 Å². The summed E-state index contributed by atoms with van der Waals surface area (Å²) >= 11 is 0. The first-order valence-electron chi connectivity index (χ1n) is 8.12. The van der Waals surface area contributed by atoms with Crippen LogP contribution in [0.15, 0.2) is 0 Å². The van der Waals surface area contributed by atoms with Gasteiger partial charge in [0.15, 0.2) is 0 Å². The number of likely N-dealkylation sites (N-methyl/N-ethyl adjacent to an activating group) is 1. The normalized spacial score (nSPS) is 32.4. The van der Waals surface area contributed by atoms with Crippen molar-refractivity contribution in [3.63, 3.8) is 0 Å². The lowest BCUT2D eigenvalue weighted by Gasteiger charge is -2.28. The zero-order chi connectivity index (χ0) is 14.8. The summed E-state index contributed by atoms with van der Waals surface area (Å²) in [6.45, 7) is 4.59. The van der Waals surface area contributed by atoms with Crippen molar-refractivity contribution >= 4 is 11.8 Å². The van der Waals surface area contributed by atoms with Gasteiger partial charge in [-0.3, -0.25) is 9.59 Å². The topological polar surface area (TPSA) is 70.7 Å². The molecule has 6 nitrogen and oxygen atoms in total. The van der Waals surface area contributed by atoms with Crippen molar-refractivity contribution < 1.29 is 14.3 Å². The molecule has 1 aliphatic carbocycles. The Labute approximate surface area is 125 Å². The summed E-state index contributed by atoms with van der Waals surface area (Å²) in [6.07, 6.45) is 3.84. The van der Waals surface area contributed by atoms with E-state index in [2.05, 4.69) is 10.6 Å². The highest BCUT2D eigenvalue weighted by Gasteiger charge is 2.42. The van der Waals surface area contributed by atoms with Crippen LogP contribution >= 0.6 is 0 Å². The minimum absolute atomic E-state index is 0.0299. The van der Waals surface area contributed by atoms with Gasteiger partial charge in [-0.05, 0) is 32.2 Å². The van der Waals surface area contributed by atoms with Crippen LogP contribution in [0.1, 0.15) is 32.6 Å². The number of hydrogen-bond acceptors (Lipinski definition) is 4. The fraction of sp³-hybridized carbons (Fsp3) is 0.867. The number of carbonyl (C=O) groups is 2. The number of hydrogen-bond donors (Lipinski definition) is 2. The Morgan fingerprint density at radius 2 is 2.05 bits per heavy atom.